The summed E-state index contributed by atoms with van der Waals surface area (Å²) >= 11 is 0. The molecule has 27 heavy (non-hydrogen) atoms. The van der Waals surface area contributed by atoms with Crippen molar-refractivity contribution in [1.29, 1.82) is 0 Å². The molecule has 3 aromatic rings. The Hall–Kier alpha value is -2.93. The van der Waals surface area contributed by atoms with Crippen LogP contribution in [0.4, 0.5) is 17.3 Å². The van der Waals surface area contributed by atoms with E-state index in [1.807, 2.05) is 61.5 Å². The summed E-state index contributed by atoms with van der Waals surface area (Å²) in [6.45, 7) is 2.01. The van der Waals surface area contributed by atoms with Gasteiger partial charge in [-0.3, -0.25) is 4.72 Å². The number of hydrogen-bond donors (Lipinski definition) is 2. The summed E-state index contributed by atoms with van der Waals surface area (Å²) in [7, 11) is -3.46. The number of aromatic nitrogens is 2. The average molecular weight is 382 g/mol. The minimum atomic E-state index is -3.46. The Labute approximate surface area is 159 Å². The molecular weight excluding hydrogens is 360 g/mol. The van der Waals surface area contributed by atoms with Crippen LogP contribution in [0, 0.1) is 6.92 Å². The molecule has 6 nitrogen and oxygen atoms in total. The largest absolute Gasteiger partial charge is 0.339 e. The molecule has 0 spiro atoms. The summed E-state index contributed by atoms with van der Waals surface area (Å²) < 4.78 is 26.9. The van der Waals surface area contributed by atoms with Crippen LogP contribution in [0.3, 0.4) is 0 Å². The summed E-state index contributed by atoms with van der Waals surface area (Å²) in [6, 6.07) is 21.0. The van der Waals surface area contributed by atoms with E-state index in [9.17, 15) is 8.42 Å². The van der Waals surface area contributed by atoms with E-state index in [-0.39, 0.29) is 11.6 Å². The van der Waals surface area contributed by atoms with Gasteiger partial charge in [0.15, 0.2) is 11.6 Å². The summed E-state index contributed by atoms with van der Waals surface area (Å²) in [5.74, 6) is 0.796. The number of nitrogens with one attached hydrogen (secondary N) is 2. The maximum atomic E-state index is 12.2. The molecule has 3 rings (SSSR count). The van der Waals surface area contributed by atoms with Gasteiger partial charge >= 0.3 is 0 Å². The van der Waals surface area contributed by atoms with Crippen molar-refractivity contribution >= 4 is 27.3 Å². The number of sulfonamides is 1. The Bertz CT molecular complexity index is 974. The third-order valence-corrected chi connectivity index (χ3v) is 5.28. The minimum absolute atomic E-state index is 0.0346. The Kier molecular flexibility index (Phi) is 6.03. The molecule has 0 aliphatic heterocycles. The van der Waals surface area contributed by atoms with Crippen LogP contribution in [0.1, 0.15) is 17.5 Å². The molecule has 1 heterocycles. The lowest BCUT2D eigenvalue weighted by molar-refractivity contribution is 0.598. The standard InChI is InChI=1S/C20H22N4O2S/c1-16-7-5-11-18(15-16)21-19-12-13-20(23-22-19)24-27(25,26)14-6-10-17-8-3-2-4-9-17/h2-5,7-9,11-13,15H,6,10,14H2,1H3,(H,21,22)(H,23,24). The highest BCUT2D eigenvalue weighted by atomic mass is 32.2. The van der Waals surface area contributed by atoms with Gasteiger partial charge in [-0.25, -0.2) is 8.42 Å². The number of nitrogens with zero attached hydrogens (tertiary/aromatic N) is 2. The Balaban J connectivity index is 1.53. The van der Waals surface area contributed by atoms with Crippen LogP contribution >= 0.6 is 0 Å². The zero-order chi connectivity index (χ0) is 19.1. The fraction of sp³-hybridized carbons (Fsp3) is 0.200. The molecule has 0 radical (unpaired) electrons. The van der Waals surface area contributed by atoms with Crippen molar-refractivity contribution in [1.82, 2.24) is 10.2 Å². The van der Waals surface area contributed by atoms with Gasteiger partial charge in [-0.15, -0.1) is 10.2 Å². The van der Waals surface area contributed by atoms with Gasteiger partial charge in [0.2, 0.25) is 10.0 Å². The fourth-order valence-corrected chi connectivity index (χ4v) is 3.70. The van der Waals surface area contributed by atoms with E-state index < -0.39 is 10.0 Å². The maximum absolute atomic E-state index is 12.2. The molecule has 0 fully saturated rings. The van der Waals surface area contributed by atoms with Gasteiger partial charge in [-0.1, -0.05) is 42.5 Å². The molecule has 0 saturated carbocycles. The zero-order valence-electron chi connectivity index (χ0n) is 15.1. The molecule has 2 N–H and O–H groups in total. The summed E-state index contributed by atoms with van der Waals surface area (Å²) in [6.07, 6.45) is 1.26. The third kappa shape index (κ3) is 6.07. The predicted octanol–water partition coefficient (Wildman–Crippen LogP) is 3.90. The highest BCUT2D eigenvalue weighted by Gasteiger charge is 2.11. The van der Waals surface area contributed by atoms with E-state index in [4.69, 9.17) is 0 Å². The van der Waals surface area contributed by atoms with Crippen LogP contribution in [0.25, 0.3) is 0 Å². The number of hydrogen-bond acceptors (Lipinski definition) is 5. The molecule has 0 amide bonds. The number of anilines is 3. The molecule has 0 aliphatic rings. The average Bonchev–Trinajstić information content (AvgIpc) is 2.64. The smallest absolute Gasteiger partial charge is 0.233 e. The number of benzene rings is 2. The molecule has 0 atom stereocenters. The van der Waals surface area contributed by atoms with Crippen LogP contribution in [-0.4, -0.2) is 24.4 Å². The molecule has 7 heteroatoms. The summed E-state index contributed by atoms with van der Waals surface area (Å²) in [5.41, 5.74) is 3.16. The van der Waals surface area contributed by atoms with Crippen LogP contribution < -0.4 is 10.0 Å². The first-order valence-corrected chi connectivity index (χ1v) is 10.4. The molecule has 0 unspecified atom stereocenters. The second kappa shape index (κ2) is 8.64. The minimum Gasteiger partial charge on any atom is -0.339 e. The lowest BCUT2D eigenvalue weighted by Crippen LogP contribution is -2.18. The van der Waals surface area contributed by atoms with Gasteiger partial charge in [-0.2, -0.15) is 0 Å². The van der Waals surface area contributed by atoms with Crippen molar-refractivity contribution in [3.05, 3.63) is 77.9 Å². The van der Waals surface area contributed by atoms with E-state index in [2.05, 4.69) is 20.2 Å². The predicted molar refractivity (Wildman–Crippen MR) is 109 cm³/mol. The molecule has 1 aromatic heterocycles. The van der Waals surface area contributed by atoms with Crippen molar-refractivity contribution in [3.8, 4) is 0 Å². The maximum Gasteiger partial charge on any atom is 0.233 e. The van der Waals surface area contributed by atoms with Crippen LogP contribution in [0.5, 0.6) is 0 Å². The normalized spacial score (nSPS) is 11.1. The Morgan fingerprint density at radius 1 is 0.889 bits per heavy atom. The Morgan fingerprint density at radius 2 is 1.63 bits per heavy atom. The lowest BCUT2D eigenvalue weighted by atomic mass is 10.1. The van der Waals surface area contributed by atoms with E-state index in [0.29, 0.717) is 18.7 Å². The van der Waals surface area contributed by atoms with Gasteiger partial charge in [0, 0.05) is 5.69 Å². The van der Waals surface area contributed by atoms with Gasteiger partial charge in [0.25, 0.3) is 0 Å². The first-order chi connectivity index (χ1) is 13.0. The van der Waals surface area contributed by atoms with E-state index >= 15 is 0 Å². The van der Waals surface area contributed by atoms with Crippen molar-refractivity contribution in [2.75, 3.05) is 15.8 Å². The van der Waals surface area contributed by atoms with Crippen LogP contribution in [-0.2, 0) is 16.4 Å². The van der Waals surface area contributed by atoms with Crippen molar-refractivity contribution in [3.63, 3.8) is 0 Å². The highest BCUT2D eigenvalue weighted by Crippen LogP contribution is 2.16. The Morgan fingerprint density at radius 3 is 2.33 bits per heavy atom. The molecule has 0 aliphatic carbocycles. The second-order valence-corrected chi connectivity index (χ2v) is 8.15. The number of rotatable bonds is 8. The first-order valence-electron chi connectivity index (χ1n) is 8.72. The van der Waals surface area contributed by atoms with Gasteiger partial charge in [-0.05, 0) is 55.2 Å². The summed E-state index contributed by atoms with van der Waals surface area (Å²) in [4.78, 5) is 0. The lowest BCUT2D eigenvalue weighted by Gasteiger charge is -2.09. The van der Waals surface area contributed by atoms with Crippen molar-refractivity contribution in [2.24, 2.45) is 0 Å². The number of aryl methyl sites for hydroxylation is 2. The van der Waals surface area contributed by atoms with Gasteiger partial charge in [0.1, 0.15) is 0 Å². The van der Waals surface area contributed by atoms with E-state index in [0.717, 1.165) is 16.8 Å². The van der Waals surface area contributed by atoms with Crippen molar-refractivity contribution in [2.45, 2.75) is 19.8 Å². The van der Waals surface area contributed by atoms with Crippen molar-refractivity contribution < 1.29 is 8.42 Å². The third-order valence-electron chi connectivity index (χ3n) is 3.94. The molecule has 0 bridgehead atoms. The zero-order valence-corrected chi connectivity index (χ0v) is 15.9. The SMILES string of the molecule is Cc1cccc(Nc2ccc(NS(=O)(=O)CCCc3ccccc3)nn2)c1. The fourth-order valence-electron chi connectivity index (χ4n) is 2.65. The van der Waals surface area contributed by atoms with E-state index in [1.54, 1.807) is 12.1 Å². The van der Waals surface area contributed by atoms with Gasteiger partial charge < -0.3 is 5.32 Å². The first kappa shape index (κ1) is 18.8. The molecule has 0 saturated heterocycles. The van der Waals surface area contributed by atoms with Crippen LogP contribution in [0.15, 0.2) is 66.7 Å². The topological polar surface area (TPSA) is 84.0 Å². The van der Waals surface area contributed by atoms with E-state index in [1.165, 1.54) is 0 Å². The monoisotopic (exact) mass is 382 g/mol. The quantitative estimate of drug-likeness (QED) is 0.617. The molecular formula is C20H22N4O2S. The second-order valence-electron chi connectivity index (χ2n) is 6.31. The molecule has 2 aromatic carbocycles. The van der Waals surface area contributed by atoms with Gasteiger partial charge in [0.05, 0.1) is 5.75 Å². The summed E-state index contributed by atoms with van der Waals surface area (Å²) in [5, 5.41) is 11.1. The highest BCUT2D eigenvalue weighted by molar-refractivity contribution is 7.92. The van der Waals surface area contributed by atoms with Crippen LogP contribution in [0.2, 0.25) is 0 Å². The molecule has 140 valence electrons.